The first kappa shape index (κ1) is 19.4. The van der Waals surface area contributed by atoms with Crippen molar-refractivity contribution in [3.63, 3.8) is 0 Å². The number of methoxy groups -OCH3 is 1. The van der Waals surface area contributed by atoms with Gasteiger partial charge in [-0.15, -0.1) is 0 Å². The quantitative estimate of drug-likeness (QED) is 0.488. The zero-order valence-electron chi connectivity index (χ0n) is 17.0. The number of ether oxygens (including phenoxy) is 1. The van der Waals surface area contributed by atoms with Crippen LogP contribution >= 0.6 is 0 Å². The Hall–Kier alpha value is -3.93. The van der Waals surface area contributed by atoms with Gasteiger partial charge in [0.05, 0.1) is 24.7 Å². The van der Waals surface area contributed by atoms with E-state index in [1.807, 2.05) is 59.1 Å². The number of ketones is 1. The molecule has 0 fully saturated rings. The molecule has 6 nitrogen and oxygen atoms in total. The average Bonchev–Trinajstić information content (AvgIpc) is 3.17. The summed E-state index contributed by atoms with van der Waals surface area (Å²) in [4.78, 5) is 28.2. The van der Waals surface area contributed by atoms with Crippen LogP contribution in [-0.4, -0.2) is 28.2 Å². The summed E-state index contributed by atoms with van der Waals surface area (Å²) in [7, 11) is 1.63. The van der Waals surface area contributed by atoms with E-state index in [4.69, 9.17) is 4.74 Å². The van der Waals surface area contributed by atoms with E-state index in [0.717, 1.165) is 28.1 Å². The lowest BCUT2D eigenvalue weighted by Crippen LogP contribution is -2.08. The molecule has 2 aromatic carbocycles. The Bertz CT molecular complexity index is 1270. The van der Waals surface area contributed by atoms with Gasteiger partial charge in [0.1, 0.15) is 5.75 Å². The van der Waals surface area contributed by atoms with E-state index >= 15 is 0 Å². The molecule has 0 spiro atoms. The van der Waals surface area contributed by atoms with E-state index in [-0.39, 0.29) is 11.7 Å². The number of carbonyl (C=O) groups is 2. The first-order valence-corrected chi connectivity index (χ1v) is 9.51. The fourth-order valence-electron chi connectivity index (χ4n) is 3.51. The van der Waals surface area contributed by atoms with Crippen molar-refractivity contribution in [1.82, 2.24) is 9.38 Å². The molecule has 30 heavy (non-hydrogen) atoms. The molecule has 2 heterocycles. The second-order valence-corrected chi connectivity index (χ2v) is 7.00. The topological polar surface area (TPSA) is 72.7 Å². The molecule has 4 rings (SSSR count). The van der Waals surface area contributed by atoms with Gasteiger partial charge in [-0.3, -0.25) is 14.0 Å². The number of amides is 1. The Kier molecular flexibility index (Phi) is 5.06. The number of carbonyl (C=O) groups excluding carboxylic acids is 2. The Morgan fingerprint density at radius 3 is 2.53 bits per heavy atom. The van der Waals surface area contributed by atoms with E-state index in [1.165, 1.54) is 6.92 Å². The zero-order chi connectivity index (χ0) is 21.3. The van der Waals surface area contributed by atoms with Gasteiger partial charge in [0, 0.05) is 35.4 Å². The van der Waals surface area contributed by atoms with Crippen LogP contribution in [0.4, 0.5) is 5.69 Å². The van der Waals surface area contributed by atoms with Crippen molar-refractivity contribution in [1.29, 1.82) is 0 Å². The number of fused-ring (bicyclic) bond motifs is 1. The number of anilines is 1. The summed E-state index contributed by atoms with van der Waals surface area (Å²) in [5.41, 5.74) is 5.28. The summed E-state index contributed by atoms with van der Waals surface area (Å²) >= 11 is 0. The molecule has 0 saturated carbocycles. The van der Waals surface area contributed by atoms with Gasteiger partial charge in [0.25, 0.3) is 0 Å². The van der Waals surface area contributed by atoms with Gasteiger partial charge in [-0.1, -0.05) is 36.4 Å². The summed E-state index contributed by atoms with van der Waals surface area (Å²) in [6.45, 7) is 3.01. The molecule has 4 aromatic rings. The van der Waals surface area contributed by atoms with Crippen molar-refractivity contribution >= 4 is 23.0 Å². The highest BCUT2D eigenvalue weighted by molar-refractivity contribution is 5.96. The number of rotatable bonds is 5. The maximum atomic E-state index is 11.8. The molecule has 0 aliphatic carbocycles. The number of nitrogens with zero attached hydrogens (tertiary/aromatic N) is 2. The molecule has 0 saturated heterocycles. The molecule has 1 amide bonds. The van der Waals surface area contributed by atoms with E-state index in [9.17, 15) is 9.59 Å². The third kappa shape index (κ3) is 3.55. The molecule has 0 radical (unpaired) electrons. The second-order valence-electron chi connectivity index (χ2n) is 7.00. The number of nitrogens with one attached hydrogen (secondary N) is 1. The van der Waals surface area contributed by atoms with Crippen LogP contribution in [0.25, 0.3) is 28.0 Å². The zero-order valence-corrected chi connectivity index (χ0v) is 17.0. The predicted molar refractivity (Wildman–Crippen MR) is 117 cm³/mol. The Labute approximate surface area is 174 Å². The van der Waals surface area contributed by atoms with Crippen molar-refractivity contribution < 1.29 is 14.3 Å². The van der Waals surface area contributed by atoms with E-state index in [1.54, 1.807) is 26.3 Å². The van der Waals surface area contributed by atoms with Crippen LogP contribution in [0.15, 0.2) is 67.0 Å². The monoisotopic (exact) mass is 399 g/mol. The van der Waals surface area contributed by atoms with Crippen molar-refractivity contribution in [2.24, 2.45) is 0 Å². The Balaban J connectivity index is 1.97. The Morgan fingerprint density at radius 1 is 1.00 bits per heavy atom. The van der Waals surface area contributed by atoms with Gasteiger partial charge in [0.15, 0.2) is 11.4 Å². The standard InChI is InChI=1S/C24H21N3O3/c1-15(28)17-7-6-8-18(11-17)22-13-25-24-21(26-16(2)29)12-19(14-27(22)24)20-9-4-5-10-23(20)30-3/h4-14H,1-3H3,(H,26,29). The fraction of sp³-hybridized carbons (Fsp3) is 0.125. The molecule has 0 atom stereocenters. The predicted octanol–water partition coefficient (Wildman–Crippen LogP) is 4.84. The molecule has 0 aliphatic rings. The molecule has 2 aromatic heterocycles. The number of hydrogen-bond acceptors (Lipinski definition) is 4. The van der Waals surface area contributed by atoms with Crippen molar-refractivity contribution in [2.45, 2.75) is 13.8 Å². The van der Waals surface area contributed by atoms with E-state index in [0.29, 0.717) is 16.9 Å². The maximum absolute atomic E-state index is 11.8. The van der Waals surface area contributed by atoms with Gasteiger partial charge in [-0.2, -0.15) is 0 Å². The van der Waals surface area contributed by atoms with E-state index in [2.05, 4.69) is 10.3 Å². The first-order valence-electron chi connectivity index (χ1n) is 9.51. The average molecular weight is 399 g/mol. The third-order valence-corrected chi connectivity index (χ3v) is 4.90. The maximum Gasteiger partial charge on any atom is 0.221 e. The lowest BCUT2D eigenvalue weighted by atomic mass is 10.0. The molecule has 0 bridgehead atoms. The molecule has 0 aliphatic heterocycles. The van der Waals surface area contributed by atoms with Crippen LogP contribution in [0.5, 0.6) is 5.75 Å². The highest BCUT2D eigenvalue weighted by atomic mass is 16.5. The summed E-state index contributed by atoms with van der Waals surface area (Å²) in [5.74, 6) is 0.544. The third-order valence-electron chi connectivity index (χ3n) is 4.90. The number of para-hydroxylation sites is 1. The number of aromatic nitrogens is 2. The van der Waals surface area contributed by atoms with Crippen LogP contribution in [0.2, 0.25) is 0 Å². The van der Waals surface area contributed by atoms with Crippen LogP contribution < -0.4 is 10.1 Å². The largest absolute Gasteiger partial charge is 0.496 e. The van der Waals surface area contributed by atoms with Crippen LogP contribution in [0.3, 0.4) is 0 Å². The molecule has 6 heteroatoms. The minimum absolute atomic E-state index is 0.000632. The molecular weight excluding hydrogens is 378 g/mol. The minimum atomic E-state index is -0.183. The summed E-state index contributed by atoms with van der Waals surface area (Å²) in [6.07, 6.45) is 3.70. The van der Waals surface area contributed by atoms with Gasteiger partial charge in [-0.05, 0) is 25.1 Å². The van der Waals surface area contributed by atoms with Crippen LogP contribution in [0.1, 0.15) is 24.2 Å². The highest BCUT2D eigenvalue weighted by Gasteiger charge is 2.15. The summed E-state index contributed by atoms with van der Waals surface area (Å²) in [6, 6.07) is 17.0. The van der Waals surface area contributed by atoms with Crippen molar-refractivity contribution in [3.05, 3.63) is 72.6 Å². The SMILES string of the molecule is COc1ccccc1-c1cc(NC(C)=O)c2ncc(-c3cccc(C(C)=O)c3)n2c1. The smallest absolute Gasteiger partial charge is 0.221 e. The lowest BCUT2D eigenvalue weighted by molar-refractivity contribution is -0.114. The van der Waals surface area contributed by atoms with E-state index < -0.39 is 0 Å². The van der Waals surface area contributed by atoms with Gasteiger partial charge in [0.2, 0.25) is 5.91 Å². The number of hydrogen-bond donors (Lipinski definition) is 1. The van der Waals surface area contributed by atoms with Crippen LogP contribution in [-0.2, 0) is 4.79 Å². The molecule has 1 N–H and O–H groups in total. The Morgan fingerprint density at radius 2 is 1.80 bits per heavy atom. The number of Topliss-reactive ketones (excluding diaryl/α,β-unsaturated/α-hetero) is 1. The van der Waals surface area contributed by atoms with Gasteiger partial charge >= 0.3 is 0 Å². The van der Waals surface area contributed by atoms with Crippen molar-refractivity contribution in [3.8, 4) is 28.1 Å². The number of benzene rings is 2. The fourth-order valence-corrected chi connectivity index (χ4v) is 3.51. The number of pyridine rings is 1. The summed E-state index contributed by atoms with van der Waals surface area (Å²) in [5, 5.41) is 2.87. The second kappa shape index (κ2) is 7.83. The summed E-state index contributed by atoms with van der Waals surface area (Å²) < 4.78 is 7.44. The molecule has 150 valence electrons. The molecular formula is C24H21N3O3. The highest BCUT2D eigenvalue weighted by Crippen LogP contribution is 2.34. The first-order chi connectivity index (χ1) is 14.5. The van der Waals surface area contributed by atoms with Gasteiger partial charge < -0.3 is 10.1 Å². The lowest BCUT2D eigenvalue weighted by Gasteiger charge is -2.13. The minimum Gasteiger partial charge on any atom is -0.496 e. The van der Waals surface area contributed by atoms with Crippen molar-refractivity contribution in [2.75, 3.05) is 12.4 Å². The molecule has 0 unspecified atom stereocenters. The number of imidazole rings is 1. The van der Waals surface area contributed by atoms with Gasteiger partial charge in [-0.25, -0.2) is 4.98 Å². The van der Waals surface area contributed by atoms with Crippen LogP contribution in [0, 0.1) is 0 Å². The normalized spacial score (nSPS) is 10.8.